The molecule has 33 heavy (non-hydrogen) atoms. The first-order valence-electron chi connectivity index (χ1n) is 11.1. The van der Waals surface area contributed by atoms with Crippen molar-refractivity contribution in [2.24, 2.45) is 0 Å². The fraction of sp³-hybridized carbons (Fsp3) is 0.409. The Balaban J connectivity index is 1.34. The van der Waals surface area contributed by atoms with Crippen LogP contribution in [0.3, 0.4) is 0 Å². The Morgan fingerprint density at radius 2 is 1.94 bits per heavy atom. The molecule has 9 nitrogen and oxygen atoms in total. The fourth-order valence-corrected chi connectivity index (χ4v) is 4.61. The Morgan fingerprint density at radius 3 is 2.73 bits per heavy atom. The highest BCUT2D eigenvalue weighted by Crippen LogP contribution is 2.38. The summed E-state index contributed by atoms with van der Waals surface area (Å²) in [5, 5.41) is 4.68. The van der Waals surface area contributed by atoms with Crippen LogP contribution in [0.25, 0.3) is 16.6 Å². The molecule has 1 saturated carbocycles. The maximum absolute atomic E-state index is 14.2. The van der Waals surface area contributed by atoms with E-state index in [0.29, 0.717) is 24.0 Å². The Labute approximate surface area is 187 Å². The summed E-state index contributed by atoms with van der Waals surface area (Å²) in [7, 11) is 0. The Kier molecular flexibility index (Phi) is 4.36. The largest absolute Gasteiger partial charge is 0.368 e. The minimum Gasteiger partial charge on any atom is -0.368 e. The average molecular weight is 452 g/mol. The number of piperidine rings is 1. The van der Waals surface area contributed by atoms with Crippen LogP contribution in [0.2, 0.25) is 0 Å². The van der Waals surface area contributed by atoms with Crippen molar-refractivity contribution in [1.82, 2.24) is 34.4 Å². The molecule has 0 radical (unpaired) electrons. The summed E-state index contributed by atoms with van der Waals surface area (Å²) in [5.41, 5.74) is 6.66. The number of rotatable bonds is 3. The monoisotopic (exact) mass is 452 g/mol. The third-order valence-electron chi connectivity index (χ3n) is 6.63. The van der Waals surface area contributed by atoms with E-state index in [9.17, 15) is 13.6 Å². The number of carbonyl (C=O) groups is 1. The topological polar surface area (TPSA) is 118 Å². The lowest BCUT2D eigenvalue weighted by atomic mass is 9.92. The number of fused-ring (bicyclic) bond motifs is 3. The van der Waals surface area contributed by atoms with Gasteiger partial charge in [-0.25, -0.2) is 23.7 Å². The van der Waals surface area contributed by atoms with Gasteiger partial charge in [-0.3, -0.25) is 4.79 Å². The van der Waals surface area contributed by atoms with Crippen LogP contribution in [0.4, 0.5) is 14.7 Å². The van der Waals surface area contributed by atoms with Crippen molar-refractivity contribution < 1.29 is 13.6 Å². The SMILES string of the molecule is C[C@H]1CC[C@@H](c2nc3c4cc(F)cc(F)c4nc(N)n3n2)CN1C(=O)c1cnc(C2CC2)[nH]1. The van der Waals surface area contributed by atoms with Gasteiger partial charge in [0.1, 0.15) is 22.9 Å². The van der Waals surface area contributed by atoms with Crippen molar-refractivity contribution in [3.05, 3.63) is 47.3 Å². The zero-order valence-electron chi connectivity index (χ0n) is 17.9. The number of hydrogen-bond acceptors (Lipinski definition) is 6. The standard InChI is InChI=1S/C22H22F2N8O/c1-10-2-3-12(9-31(10)21(33)16-8-26-18(27-16)11-4-5-11)19-29-20-14-6-13(23)7-15(24)17(14)28-22(25)32(20)30-19/h6-8,10-12H,2-5,9H2,1H3,(H2,25,28)(H,26,27)/t10-,12+/m0/s1. The number of likely N-dealkylation sites (tertiary alicyclic amines) is 1. The second-order valence-electron chi connectivity index (χ2n) is 9.00. The number of carbonyl (C=O) groups excluding carboxylic acids is 1. The first-order valence-corrected chi connectivity index (χ1v) is 11.1. The van der Waals surface area contributed by atoms with Crippen LogP contribution in [0.1, 0.15) is 66.6 Å². The van der Waals surface area contributed by atoms with Crippen LogP contribution < -0.4 is 5.73 Å². The molecule has 11 heteroatoms. The number of nitrogens with zero attached hydrogens (tertiary/aromatic N) is 6. The molecule has 0 spiro atoms. The molecule has 4 aromatic rings. The number of nitrogen functional groups attached to an aromatic ring is 1. The van der Waals surface area contributed by atoms with Crippen LogP contribution in [-0.2, 0) is 0 Å². The normalized spacial score (nSPS) is 21.2. The van der Waals surface area contributed by atoms with E-state index in [-0.39, 0.29) is 40.4 Å². The Hall–Kier alpha value is -3.63. The number of hydrogen-bond donors (Lipinski definition) is 2. The summed E-state index contributed by atoms with van der Waals surface area (Å²) < 4.78 is 29.4. The van der Waals surface area contributed by atoms with E-state index < -0.39 is 11.6 Å². The van der Waals surface area contributed by atoms with Crippen molar-refractivity contribution in [3.63, 3.8) is 0 Å². The summed E-state index contributed by atoms with van der Waals surface area (Å²) in [6.45, 7) is 2.44. The molecule has 1 aliphatic heterocycles. The molecule has 1 amide bonds. The maximum atomic E-state index is 14.2. The number of benzene rings is 1. The van der Waals surface area contributed by atoms with Gasteiger partial charge in [-0.2, -0.15) is 4.52 Å². The highest BCUT2D eigenvalue weighted by Gasteiger charge is 2.34. The molecular formula is C22H22F2N8O. The highest BCUT2D eigenvalue weighted by molar-refractivity contribution is 5.93. The van der Waals surface area contributed by atoms with Gasteiger partial charge in [0.15, 0.2) is 17.3 Å². The summed E-state index contributed by atoms with van der Waals surface area (Å²) >= 11 is 0. The molecule has 2 fully saturated rings. The predicted molar refractivity (Wildman–Crippen MR) is 116 cm³/mol. The molecule has 1 saturated heterocycles. The van der Waals surface area contributed by atoms with Crippen molar-refractivity contribution in [1.29, 1.82) is 0 Å². The molecule has 2 aliphatic rings. The molecule has 0 bridgehead atoms. The highest BCUT2D eigenvalue weighted by atomic mass is 19.1. The summed E-state index contributed by atoms with van der Waals surface area (Å²) in [6.07, 6.45) is 5.35. The number of nitrogens with two attached hydrogens (primary N) is 1. The first-order chi connectivity index (χ1) is 15.9. The minimum absolute atomic E-state index is 0.0380. The van der Waals surface area contributed by atoms with Gasteiger partial charge in [-0.05, 0) is 38.7 Å². The van der Waals surface area contributed by atoms with E-state index in [4.69, 9.17) is 5.73 Å². The van der Waals surface area contributed by atoms with Gasteiger partial charge in [-0.15, -0.1) is 5.10 Å². The molecule has 4 heterocycles. The number of H-pyrrole nitrogens is 1. The number of halogens is 2. The zero-order chi connectivity index (χ0) is 22.9. The lowest BCUT2D eigenvalue weighted by Gasteiger charge is -2.36. The van der Waals surface area contributed by atoms with E-state index in [1.165, 1.54) is 10.6 Å². The lowest BCUT2D eigenvalue weighted by molar-refractivity contribution is 0.0600. The van der Waals surface area contributed by atoms with E-state index in [1.807, 2.05) is 11.8 Å². The van der Waals surface area contributed by atoms with Gasteiger partial charge in [0.05, 0.1) is 11.6 Å². The molecule has 0 unspecified atom stereocenters. The minimum atomic E-state index is -0.808. The maximum Gasteiger partial charge on any atom is 0.272 e. The Bertz CT molecular complexity index is 1410. The van der Waals surface area contributed by atoms with Crippen LogP contribution in [0.5, 0.6) is 0 Å². The van der Waals surface area contributed by atoms with E-state index in [0.717, 1.165) is 37.6 Å². The fourth-order valence-electron chi connectivity index (χ4n) is 4.61. The second kappa shape index (κ2) is 7.19. The smallest absolute Gasteiger partial charge is 0.272 e. The number of amides is 1. The lowest BCUT2D eigenvalue weighted by Crippen LogP contribution is -2.45. The first kappa shape index (κ1) is 20.0. The molecule has 170 valence electrons. The van der Waals surface area contributed by atoms with Crippen LogP contribution >= 0.6 is 0 Å². The van der Waals surface area contributed by atoms with E-state index in [2.05, 4.69) is 25.0 Å². The number of nitrogens with one attached hydrogen (secondary N) is 1. The quantitative estimate of drug-likeness (QED) is 0.493. The van der Waals surface area contributed by atoms with Gasteiger partial charge in [0.25, 0.3) is 5.91 Å². The van der Waals surface area contributed by atoms with Crippen molar-refractivity contribution in [3.8, 4) is 0 Å². The predicted octanol–water partition coefficient (Wildman–Crippen LogP) is 3.15. The number of imidazole rings is 1. The van der Waals surface area contributed by atoms with Gasteiger partial charge in [0.2, 0.25) is 5.95 Å². The van der Waals surface area contributed by atoms with E-state index >= 15 is 0 Å². The zero-order valence-corrected chi connectivity index (χ0v) is 17.9. The third kappa shape index (κ3) is 3.30. The summed E-state index contributed by atoms with van der Waals surface area (Å²) in [5.74, 6) is -0.0595. The number of anilines is 1. The molecular weight excluding hydrogens is 430 g/mol. The van der Waals surface area contributed by atoms with Crippen molar-refractivity contribution >= 4 is 28.4 Å². The molecule has 3 aromatic heterocycles. The van der Waals surface area contributed by atoms with Gasteiger partial charge in [-0.1, -0.05) is 0 Å². The van der Waals surface area contributed by atoms with E-state index in [1.54, 1.807) is 6.20 Å². The summed E-state index contributed by atoms with van der Waals surface area (Å²) in [6, 6.07) is 1.99. The molecule has 3 N–H and O–H groups in total. The summed E-state index contributed by atoms with van der Waals surface area (Å²) in [4.78, 5) is 31.2. The third-order valence-corrected chi connectivity index (χ3v) is 6.63. The molecule has 6 rings (SSSR count). The van der Waals surface area contributed by atoms with Crippen molar-refractivity contribution in [2.75, 3.05) is 12.3 Å². The molecule has 2 atom stereocenters. The van der Waals surface area contributed by atoms with Crippen LogP contribution in [0.15, 0.2) is 18.3 Å². The van der Waals surface area contributed by atoms with Gasteiger partial charge < -0.3 is 15.6 Å². The van der Waals surface area contributed by atoms with Gasteiger partial charge >= 0.3 is 0 Å². The van der Waals surface area contributed by atoms with Crippen LogP contribution in [0, 0.1) is 11.6 Å². The Morgan fingerprint density at radius 1 is 1.15 bits per heavy atom. The molecule has 1 aliphatic carbocycles. The van der Waals surface area contributed by atoms with Crippen molar-refractivity contribution in [2.45, 2.75) is 50.5 Å². The number of aromatic amines is 1. The second-order valence-corrected chi connectivity index (χ2v) is 9.00. The van der Waals surface area contributed by atoms with Gasteiger partial charge in [0, 0.05) is 30.5 Å². The van der Waals surface area contributed by atoms with Crippen LogP contribution in [-0.4, -0.2) is 52.9 Å². The average Bonchev–Trinajstić information content (AvgIpc) is 3.33. The molecule has 1 aromatic carbocycles. The number of aromatic nitrogens is 6.